The van der Waals surface area contributed by atoms with Gasteiger partial charge in [-0.2, -0.15) is 5.10 Å². The Labute approximate surface area is 98.2 Å². The summed E-state index contributed by atoms with van der Waals surface area (Å²) in [4.78, 5) is 4.10. The van der Waals surface area contributed by atoms with Gasteiger partial charge < -0.3 is 5.32 Å². The number of hydrogen-bond donors (Lipinski definition) is 2. The van der Waals surface area contributed by atoms with E-state index in [0.717, 1.165) is 31.1 Å². The van der Waals surface area contributed by atoms with Crippen LogP contribution in [0.4, 0.5) is 0 Å². The average molecular weight is 224 g/mol. The van der Waals surface area contributed by atoms with Crippen LogP contribution in [-0.4, -0.2) is 27.8 Å². The molecule has 0 aliphatic heterocycles. The van der Waals surface area contributed by atoms with Crippen molar-refractivity contribution in [1.29, 1.82) is 0 Å². The molecule has 0 radical (unpaired) electrons. The number of aromatic nitrogens is 3. The van der Waals surface area contributed by atoms with Gasteiger partial charge in [0.05, 0.1) is 0 Å². The van der Waals surface area contributed by atoms with E-state index in [9.17, 15) is 0 Å². The van der Waals surface area contributed by atoms with E-state index in [1.54, 1.807) is 6.33 Å². The minimum atomic E-state index is 0.622. The SMILES string of the molecule is CC(C)CCC(C)NCCCc1ncn[nH]1. The van der Waals surface area contributed by atoms with Gasteiger partial charge in [-0.25, -0.2) is 4.98 Å². The molecule has 1 aromatic rings. The summed E-state index contributed by atoms with van der Waals surface area (Å²) in [7, 11) is 0. The number of nitrogens with zero attached hydrogens (tertiary/aromatic N) is 2. The molecule has 16 heavy (non-hydrogen) atoms. The standard InChI is InChI=1S/C12H24N4/c1-10(2)6-7-11(3)13-8-4-5-12-14-9-15-16-12/h9-11,13H,4-8H2,1-3H3,(H,14,15,16). The number of H-pyrrole nitrogens is 1. The number of rotatable bonds is 8. The van der Waals surface area contributed by atoms with Crippen LogP contribution >= 0.6 is 0 Å². The molecule has 1 heterocycles. The van der Waals surface area contributed by atoms with Crippen LogP contribution < -0.4 is 5.32 Å². The van der Waals surface area contributed by atoms with E-state index in [2.05, 4.69) is 41.3 Å². The van der Waals surface area contributed by atoms with E-state index in [0.29, 0.717) is 6.04 Å². The van der Waals surface area contributed by atoms with E-state index < -0.39 is 0 Å². The van der Waals surface area contributed by atoms with Gasteiger partial charge in [0.25, 0.3) is 0 Å². The molecule has 0 aromatic carbocycles. The van der Waals surface area contributed by atoms with Crippen molar-refractivity contribution in [2.75, 3.05) is 6.54 Å². The zero-order chi connectivity index (χ0) is 11.8. The van der Waals surface area contributed by atoms with E-state index in [4.69, 9.17) is 0 Å². The topological polar surface area (TPSA) is 53.6 Å². The molecular formula is C12H24N4. The Kier molecular flexibility index (Phi) is 6.08. The largest absolute Gasteiger partial charge is 0.314 e. The molecule has 2 N–H and O–H groups in total. The van der Waals surface area contributed by atoms with E-state index in [1.165, 1.54) is 12.8 Å². The van der Waals surface area contributed by atoms with Gasteiger partial charge in [0.2, 0.25) is 0 Å². The van der Waals surface area contributed by atoms with Crippen LogP contribution in [0.3, 0.4) is 0 Å². The van der Waals surface area contributed by atoms with Gasteiger partial charge in [0, 0.05) is 12.5 Å². The highest BCUT2D eigenvalue weighted by atomic mass is 15.2. The third-order valence-electron chi connectivity index (χ3n) is 2.73. The van der Waals surface area contributed by atoms with Gasteiger partial charge in [0.1, 0.15) is 12.2 Å². The third kappa shape index (κ3) is 5.85. The lowest BCUT2D eigenvalue weighted by molar-refractivity contribution is 0.448. The highest BCUT2D eigenvalue weighted by Gasteiger charge is 2.03. The molecule has 0 bridgehead atoms. The first-order valence-electron chi connectivity index (χ1n) is 6.26. The van der Waals surface area contributed by atoms with Crippen LogP contribution in [0.5, 0.6) is 0 Å². The monoisotopic (exact) mass is 224 g/mol. The van der Waals surface area contributed by atoms with Crippen LogP contribution in [0.25, 0.3) is 0 Å². The molecule has 4 heteroatoms. The summed E-state index contributed by atoms with van der Waals surface area (Å²) in [6.45, 7) is 7.87. The molecule has 0 amide bonds. The Morgan fingerprint density at radius 3 is 2.75 bits per heavy atom. The molecule has 0 fully saturated rings. The molecule has 0 saturated carbocycles. The molecular weight excluding hydrogens is 200 g/mol. The summed E-state index contributed by atoms with van der Waals surface area (Å²) in [6.07, 6.45) is 6.22. The summed E-state index contributed by atoms with van der Waals surface area (Å²) >= 11 is 0. The van der Waals surface area contributed by atoms with Gasteiger partial charge in [0.15, 0.2) is 0 Å². The maximum Gasteiger partial charge on any atom is 0.137 e. The van der Waals surface area contributed by atoms with Crippen molar-refractivity contribution in [3.05, 3.63) is 12.2 Å². The molecule has 0 saturated heterocycles. The fraction of sp³-hybridized carbons (Fsp3) is 0.833. The lowest BCUT2D eigenvalue weighted by Gasteiger charge is -2.14. The van der Waals surface area contributed by atoms with E-state index in [1.807, 2.05) is 0 Å². The number of aryl methyl sites for hydroxylation is 1. The Hall–Kier alpha value is -0.900. The average Bonchev–Trinajstić information content (AvgIpc) is 2.74. The Morgan fingerprint density at radius 1 is 1.31 bits per heavy atom. The van der Waals surface area contributed by atoms with E-state index >= 15 is 0 Å². The molecule has 1 aromatic heterocycles. The van der Waals surface area contributed by atoms with Gasteiger partial charge in [-0.1, -0.05) is 13.8 Å². The predicted molar refractivity (Wildman–Crippen MR) is 66.2 cm³/mol. The molecule has 0 aliphatic carbocycles. The second-order valence-corrected chi connectivity index (χ2v) is 4.86. The molecule has 0 aliphatic rings. The van der Waals surface area contributed by atoms with Crippen molar-refractivity contribution >= 4 is 0 Å². The zero-order valence-corrected chi connectivity index (χ0v) is 10.7. The fourth-order valence-corrected chi connectivity index (χ4v) is 1.64. The van der Waals surface area contributed by atoms with Gasteiger partial charge in [-0.05, 0) is 38.6 Å². The van der Waals surface area contributed by atoms with Crippen LogP contribution in [0.2, 0.25) is 0 Å². The van der Waals surface area contributed by atoms with Gasteiger partial charge in [-0.3, -0.25) is 5.10 Å². The lowest BCUT2D eigenvalue weighted by Crippen LogP contribution is -2.27. The van der Waals surface area contributed by atoms with Crippen molar-refractivity contribution in [3.8, 4) is 0 Å². The normalized spacial score (nSPS) is 13.2. The second kappa shape index (κ2) is 7.39. The van der Waals surface area contributed by atoms with Crippen molar-refractivity contribution < 1.29 is 0 Å². The third-order valence-corrected chi connectivity index (χ3v) is 2.73. The van der Waals surface area contributed by atoms with E-state index in [-0.39, 0.29) is 0 Å². The molecule has 1 rings (SSSR count). The maximum absolute atomic E-state index is 4.10. The second-order valence-electron chi connectivity index (χ2n) is 4.86. The predicted octanol–water partition coefficient (Wildman–Crippen LogP) is 2.15. The van der Waals surface area contributed by atoms with Crippen LogP contribution in [-0.2, 0) is 6.42 Å². The highest BCUT2D eigenvalue weighted by Crippen LogP contribution is 2.06. The quantitative estimate of drug-likeness (QED) is 0.665. The minimum absolute atomic E-state index is 0.622. The number of nitrogens with one attached hydrogen (secondary N) is 2. The lowest BCUT2D eigenvalue weighted by atomic mass is 10.0. The Balaban J connectivity index is 1.98. The number of aromatic amines is 1. The summed E-state index contributed by atoms with van der Waals surface area (Å²) in [6, 6.07) is 0.622. The summed E-state index contributed by atoms with van der Waals surface area (Å²) < 4.78 is 0. The number of hydrogen-bond acceptors (Lipinski definition) is 3. The maximum atomic E-state index is 4.10. The summed E-state index contributed by atoms with van der Waals surface area (Å²) in [5, 5.41) is 10.2. The van der Waals surface area contributed by atoms with Crippen LogP contribution in [0.1, 0.15) is 45.9 Å². The van der Waals surface area contributed by atoms with Gasteiger partial charge >= 0.3 is 0 Å². The van der Waals surface area contributed by atoms with Gasteiger partial charge in [-0.15, -0.1) is 0 Å². The van der Waals surface area contributed by atoms with Crippen molar-refractivity contribution in [3.63, 3.8) is 0 Å². The zero-order valence-electron chi connectivity index (χ0n) is 10.7. The first kappa shape index (κ1) is 13.2. The Morgan fingerprint density at radius 2 is 2.12 bits per heavy atom. The van der Waals surface area contributed by atoms with Crippen molar-refractivity contribution in [1.82, 2.24) is 20.5 Å². The summed E-state index contributed by atoms with van der Waals surface area (Å²) in [5.74, 6) is 1.79. The summed E-state index contributed by atoms with van der Waals surface area (Å²) in [5.41, 5.74) is 0. The molecule has 4 nitrogen and oxygen atoms in total. The van der Waals surface area contributed by atoms with Crippen molar-refractivity contribution in [2.24, 2.45) is 5.92 Å². The van der Waals surface area contributed by atoms with Crippen LogP contribution in [0, 0.1) is 5.92 Å². The fourth-order valence-electron chi connectivity index (χ4n) is 1.64. The molecule has 1 atom stereocenters. The molecule has 92 valence electrons. The molecule has 1 unspecified atom stereocenters. The highest BCUT2D eigenvalue weighted by molar-refractivity contribution is 4.79. The first-order valence-corrected chi connectivity index (χ1v) is 6.26. The smallest absolute Gasteiger partial charge is 0.137 e. The first-order chi connectivity index (χ1) is 7.68. The minimum Gasteiger partial charge on any atom is -0.314 e. The van der Waals surface area contributed by atoms with Crippen LogP contribution in [0.15, 0.2) is 6.33 Å². The van der Waals surface area contributed by atoms with Crippen molar-refractivity contribution in [2.45, 2.75) is 52.5 Å². The molecule has 0 spiro atoms. The Bertz CT molecular complexity index is 256.